The van der Waals surface area contributed by atoms with Crippen LogP contribution in [-0.2, 0) is 5.72 Å². The van der Waals surface area contributed by atoms with E-state index < -0.39 is 5.72 Å². The van der Waals surface area contributed by atoms with Gasteiger partial charge in [-0.15, -0.1) is 0 Å². The van der Waals surface area contributed by atoms with E-state index in [4.69, 9.17) is 0 Å². The molecule has 0 bridgehead atoms. The van der Waals surface area contributed by atoms with Crippen molar-refractivity contribution in [2.75, 3.05) is 14.1 Å². The summed E-state index contributed by atoms with van der Waals surface area (Å²) < 4.78 is 0. The molecule has 1 aliphatic rings. The van der Waals surface area contributed by atoms with Crippen LogP contribution in [0.1, 0.15) is 11.1 Å². The molecule has 0 amide bonds. The van der Waals surface area contributed by atoms with Crippen molar-refractivity contribution in [3.8, 4) is 11.1 Å². The van der Waals surface area contributed by atoms with Crippen molar-refractivity contribution >= 4 is 0 Å². The third-order valence-electron chi connectivity index (χ3n) is 3.54. The minimum absolute atomic E-state index is 0.964. The molecule has 0 aliphatic heterocycles. The molecule has 3 rings (SSSR count). The Morgan fingerprint density at radius 1 is 0.824 bits per heavy atom. The third-order valence-corrected chi connectivity index (χ3v) is 3.54. The van der Waals surface area contributed by atoms with Crippen LogP contribution in [0.15, 0.2) is 48.5 Å². The quantitative estimate of drug-likeness (QED) is 0.753. The lowest BCUT2D eigenvalue weighted by atomic mass is 10.00. The van der Waals surface area contributed by atoms with Crippen LogP contribution in [0.3, 0.4) is 0 Å². The van der Waals surface area contributed by atoms with Gasteiger partial charge in [-0.3, -0.25) is 4.90 Å². The molecular weight excluding hydrogens is 210 g/mol. The fraction of sp³-hybridized carbons (Fsp3) is 0.200. The van der Waals surface area contributed by atoms with Crippen LogP contribution >= 0.6 is 0 Å². The standard InChI is InChI=1S/C15H15NO/c1-16(2)15(17)13-9-5-3-7-11(13)12-8-4-6-10-14(12)15/h3-10,17H,1-2H3. The highest BCUT2D eigenvalue weighted by molar-refractivity contribution is 5.79. The maximum atomic E-state index is 11.0. The Bertz CT molecular complexity index is 529. The molecule has 0 saturated carbocycles. The average molecular weight is 225 g/mol. The van der Waals surface area contributed by atoms with E-state index >= 15 is 0 Å². The minimum atomic E-state index is -1.01. The summed E-state index contributed by atoms with van der Waals surface area (Å²) >= 11 is 0. The second kappa shape index (κ2) is 3.42. The van der Waals surface area contributed by atoms with Gasteiger partial charge in [0, 0.05) is 11.1 Å². The van der Waals surface area contributed by atoms with Gasteiger partial charge in [-0.2, -0.15) is 0 Å². The number of hydrogen-bond donors (Lipinski definition) is 1. The van der Waals surface area contributed by atoms with E-state index in [1.54, 1.807) is 0 Å². The summed E-state index contributed by atoms with van der Waals surface area (Å²) in [6.45, 7) is 0. The third kappa shape index (κ3) is 1.22. The lowest BCUT2D eigenvalue weighted by Crippen LogP contribution is -2.40. The van der Waals surface area contributed by atoms with Gasteiger partial charge in [0.05, 0.1) is 0 Å². The Labute approximate surface area is 101 Å². The Morgan fingerprint density at radius 3 is 1.65 bits per heavy atom. The van der Waals surface area contributed by atoms with Gasteiger partial charge in [0.15, 0.2) is 5.72 Å². The summed E-state index contributed by atoms with van der Waals surface area (Å²) in [6.07, 6.45) is 0. The molecule has 0 unspecified atom stereocenters. The first-order chi connectivity index (χ1) is 8.15. The largest absolute Gasteiger partial charge is 0.367 e. The molecule has 0 radical (unpaired) electrons. The van der Waals surface area contributed by atoms with Gasteiger partial charge in [0.2, 0.25) is 0 Å². The van der Waals surface area contributed by atoms with Crippen molar-refractivity contribution < 1.29 is 5.11 Å². The van der Waals surface area contributed by atoms with Crippen molar-refractivity contribution in [3.63, 3.8) is 0 Å². The van der Waals surface area contributed by atoms with E-state index in [0.29, 0.717) is 0 Å². The first kappa shape index (κ1) is 10.5. The highest BCUT2D eigenvalue weighted by Crippen LogP contribution is 2.47. The second-order valence-electron chi connectivity index (χ2n) is 4.66. The summed E-state index contributed by atoms with van der Waals surface area (Å²) in [6, 6.07) is 16.1. The molecular formula is C15H15NO. The van der Waals surface area contributed by atoms with Crippen LogP contribution < -0.4 is 0 Å². The molecule has 1 N–H and O–H groups in total. The molecule has 1 aliphatic carbocycles. The molecule has 2 heteroatoms. The van der Waals surface area contributed by atoms with Crippen molar-refractivity contribution in [2.45, 2.75) is 5.72 Å². The highest BCUT2D eigenvalue weighted by Gasteiger charge is 2.42. The molecule has 86 valence electrons. The van der Waals surface area contributed by atoms with Gasteiger partial charge in [-0.1, -0.05) is 48.5 Å². The maximum Gasteiger partial charge on any atom is 0.171 e. The number of hydrogen-bond acceptors (Lipinski definition) is 2. The van der Waals surface area contributed by atoms with Gasteiger partial charge in [0.25, 0.3) is 0 Å². The Morgan fingerprint density at radius 2 is 1.24 bits per heavy atom. The van der Waals surface area contributed by atoms with Crippen LogP contribution in [0.5, 0.6) is 0 Å². The number of rotatable bonds is 1. The first-order valence-electron chi connectivity index (χ1n) is 5.75. The Kier molecular flexibility index (Phi) is 2.12. The zero-order valence-electron chi connectivity index (χ0n) is 10.0. The molecule has 0 heterocycles. The fourth-order valence-corrected chi connectivity index (χ4v) is 2.67. The summed E-state index contributed by atoms with van der Waals surface area (Å²) in [5, 5.41) is 11.0. The minimum Gasteiger partial charge on any atom is -0.367 e. The van der Waals surface area contributed by atoms with Crippen LogP contribution in [0, 0.1) is 0 Å². The summed E-state index contributed by atoms with van der Waals surface area (Å²) in [5.74, 6) is 0. The molecule has 17 heavy (non-hydrogen) atoms. The van der Waals surface area contributed by atoms with Gasteiger partial charge in [-0.25, -0.2) is 0 Å². The molecule has 0 aromatic heterocycles. The lowest BCUT2D eigenvalue weighted by molar-refractivity contribution is -0.0468. The van der Waals surface area contributed by atoms with E-state index in [1.807, 2.05) is 55.4 Å². The van der Waals surface area contributed by atoms with E-state index in [-0.39, 0.29) is 0 Å². The first-order valence-corrected chi connectivity index (χ1v) is 5.75. The molecule has 0 fully saturated rings. The lowest BCUT2D eigenvalue weighted by Gasteiger charge is -2.32. The van der Waals surface area contributed by atoms with Crippen LogP contribution in [0.2, 0.25) is 0 Å². The predicted octanol–water partition coefficient (Wildman–Crippen LogP) is 2.42. The monoisotopic (exact) mass is 225 g/mol. The van der Waals surface area contributed by atoms with Crippen LogP contribution in [0.4, 0.5) is 0 Å². The van der Waals surface area contributed by atoms with Crippen molar-refractivity contribution in [1.29, 1.82) is 0 Å². The maximum absolute atomic E-state index is 11.0. The van der Waals surface area contributed by atoms with Gasteiger partial charge in [0.1, 0.15) is 0 Å². The number of benzene rings is 2. The van der Waals surface area contributed by atoms with Crippen molar-refractivity contribution in [1.82, 2.24) is 4.90 Å². The van der Waals surface area contributed by atoms with Crippen LogP contribution in [-0.4, -0.2) is 24.1 Å². The Hall–Kier alpha value is -1.64. The highest BCUT2D eigenvalue weighted by atomic mass is 16.3. The molecule has 2 aromatic carbocycles. The zero-order chi connectivity index (χ0) is 12.0. The molecule has 2 aromatic rings. The fourth-order valence-electron chi connectivity index (χ4n) is 2.67. The van der Waals surface area contributed by atoms with Crippen LogP contribution in [0.25, 0.3) is 11.1 Å². The molecule has 0 saturated heterocycles. The number of nitrogens with zero attached hydrogens (tertiary/aromatic N) is 1. The SMILES string of the molecule is CN(C)C1(O)c2ccccc2-c2ccccc21. The number of fused-ring (bicyclic) bond motifs is 3. The molecule has 0 atom stereocenters. The van der Waals surface area contributed by atoms with Crippen molar-refractivity contribution in [3.05, 3.63) is 59.7 Å². The van der Waals surface area contributed by atoms with E-state index in [2.05, 4.69) is 12.1 Å². The van der Waals surface area contributed by atoms with Gasteiger partial charge >= 0.3 is 0 Å². The van der Waals surface area contributed by atoms with Gasteiger partial charge in [-0.05, 0) is 25.2 Å². The normalized spacial score (nSPS) is 15.8. The zero-order valence-corrected chi connectivity index (χ0v) is 10.0. The topological polar surface area (TPSA) is 23.5 Å². The van der Waals surface area contributed by atoms with Gasteiger partial charge < -0.3 is 5.11 Å². The molecule has 0 spiro atoms. The summed E-state index contributed by atoms with van der Waals surface area (Å²) in [5.41, 5.74) is 3.17. The second-order valence-corrected chi connectivity index (χ2v) is 4.66. The predicted molar refractivity (Wildman–Crippen MR) is 68.6 cm³/mol. The van der Waals surface area contributed by atoms with Crippen molar-refractivity contribution in [2.24, 2.45) is 0 Å². The summed E-state index contributed by atoms with van der Waals surface area (Å²) in [4.78, 5) is 1.86. The van der Waals surface area contributed by atoms with E-state index in [0.717, 1.165) is 22.3 Å². The smallest absolute Gasteiger partial charge is 0.171 e. The molecule has 2 nitrogen and oxygen atoms in total. The number of aliphatic hydroxyl groups is 1. The van der Waals surface area contributed by atoms with E-state index in [9.17, 15) is 5.11 Å². The Balaban J connectivity index is 2.39. The van der Waals surface area contributed by atoms with E-state index in [1.165, 1.54) is 0 Å². The summed E-state index contributed by atoms with van der Waals surface area (Å²) in [7, 11) is 3.80. The average Bonchev–Trinajstić information content (AvgIpc) is 2.63.